The van der Waals surface area contributed by atoms with Crippen LogP contribution in [0.3, 0.4) is 0 Å². The lowest BCUT2D eigenvalue weighted by Crippen LogP contribution is -1.98. The number of halogens is 1. The molecule has 0 aliphatic heterocycles. The second-order valence-electron chi connectivity index (χ2n) is 5.33. The molecule has 0 aliphatic carbocycles. The van der Waals surface area contributed by atoms with Crippen molar-refractivity contribution in [1.82, 2.24) is 4.98 Å². The molecule has 1 N–H and O–H groups in total. The molecule has 2 aromatic heterocycles. The third-order valence-electron chi connectivity index (χ3n) is 3.64. The quantitative estimate of drug-likeness (QED) is 0.487. The lowest BCUT2D eigenvalue weighted by atomic mass is 10.1. The Balaban J connectivity index is 1.97. The number of aliphatic hydroxyl groups excluding tert-OH is 1. The van der Waals surface area contributed by atoms with Gasteiger partial charge in [0.1, 0.15) is 0 Å². The Bertz CT molecular complexity index is 874. The van der Waals surface area contributed by atoms with Crippen LogP contribution in [-0.2, 0) is 5.75 Å². The SMILES string of the molecule is Cc1ncc(CSCCO)c2cc(C(=O)c3ccc(Br)cc3)oc12. The second-order valence-corrected chi connectivity index (χ2v) is 7.36. The Hall–Kier alpha value is -1.63. The maximum atomic E-state index is 12.6. The summed E-state index contributed by atoms with van der Waals surface area (Å²) < 4.78 is 6.73. The number of benzene rings is 1. The van der Waals surface area contributed by atoms with Gasteiger partial charge in [0.2, 0.25) is 5.78 Å². The van der Waals surface area contributed by atoms with Crippen molar-refractivity contribution in [3.8, 4) is 0 Å². The van der Waals surface area contributed by atoms with E-state index >= 15 is 0 Å². The number of aromatic nitrogens is 1. The lowest BCUT2D eigenvalue weighted by Gasteiger charge is -2.02. The highest BCUT2D eigenvalue weighted by Gasteiger charge is 2.18. The molecule has 0 aliphatic rings. The highest BCUT2D eigenvalue weighted by molar-refractivity contribution is 9.10. The van der Waals surface area contributed by atoms with Crippen molar-refractivity contribution in [2.45, 2.75) is 12.7 Å². The molecule has 0 saturated carbocycles. The van der Waals surface area contributed by atoms with Gasteiger partial charge < -0.3 is 9.52 Å². The molecule has 0 amide bonds. The Morgan fingerprint density at radius 2 is 2.08 bits per heavy atom. The molecule has 0 spiro atoms. The summed E-state index contributed by atoms with van der Waals surface area (Å²) in [6.07, 6.45) is 1.81. The van der Waals surface area contributed by atoms with Gasteiger partial charge in [-0.05, 0) is 42.8 Å². The van der Waals surface area contributed by atoms with Crippen LogP contribution in [0.5, 0.6) is 0 Å². The summed E-state index contributed by atoms with van der Waals surface area (Å²) in [5.74, 6) is 1.55. The molecule has 1 aromatic carbocycles. The van der Waals surface area contributed by atoms with Crippen LogP contribution in [0.25, 0.3) is 11.0 Å². The zero-order valence-corrected chi connectivity index (χ0v) is 15.5. The predicted molar refractivity (Wildman–Crippen MR) is 99.6 cm³/mol. The van der Waals surface area contributed by atoms with Crippen LogP contribution in [0.1, 0.15) is 27.4 Å². The smallest absolute Gasteiger partial charge is 0.228 e. The molecule has 6 heteroatoms. The van der Waals surface area contributed by atoms with Gasteiger partial charge in [-0.3, -0.25) is 9.78 Å². The van der Waals surface area contributed by atoms with Crippen molar-refractivity contribution in [2.75, 3.05) is 12.4 Å². The standard InChI is InChI=1S/C18H16BrNO3S/c1-11-18-15(13(9-20-11)10-24-7-6-21)8-16(23-18)17(22)12-2-4-14(19)5-3-12/h2-5,8-9,21H,6-7,10H2,1H3. The summed E-state index contributed by atoms with van der Waals surface area (Å²) >= 11 is 4.99. The molecule has 4 nitrogen and oxygen atoms in total. The molecular weight excluding hydrogens is 390 g/mol. The molecule has 0 bridgehead atoms. The minimum atomic E-state index is -0.146. The first kappa shape index (κ1) is 17.2. The first-order chi connectivity index (χ1) is 11.6. The average molecular weight is 406 g/mol. The fourth-order valence-corrected chi connectivity index (χ4v) is 3.41. The fraction of sp³-hybridized carbons (Fsp3) is 0.222. The highest BCUT2D eigenvalue weighted by atomic mass is 79.9. The van der Waals surface area contributed by atoms with E-state index < -0.39 is 0 Å². The number of pyridine rings is 1. The number of fused-ring (bicyclic) bond motifs is 1. The Morgan fingerprint density at radius 3 is 2.79 bits per heavy atom. The number of rotatable bonds is 6. The molecule has 0 atom stereocenters. The number of carbonyl (C=O) groups excluding carboxylic acids is 1. The lowest BCUT2D eigenvalue weighted by molar-refractivity contribution is 0.101. The molecule has 3 aromatic rings. The number of hydrogen-bond acceptors (Lipinski definition) is 5. The number of hydrogen-bond donors (Lipinski definition) is 1. The van der Waals surface area contributed by atoms with Gasteiger partial charge in [0.05, 0.1) is 12.3 Å². The Morgan fingerprint density at radius 1 is 1.33 bits per heavy atom. The van der Waals surface area contributed by atoms with E-state index in [9.17, 15) is 4.79 Å². The van der Waals surface area contributed by atoms with E-state index in [0.717, 1.165) is 26.9 Å². The molecule has 124 valence electrons. The summed E-state index contributed by atoms with van der Waals surface area (Å²) in [4.78, 5) is 17.0. The summed E-state index contributed by atoms with van der Waals surface area (Å²) in [6.45, 7) is 2.01. The predicted octanol–water partition coefficient (Wildman–Crippen LogP) is 4.36. The van der Waals surface area contributed by atoms with Crippen molar-refractivity contribution in [1.29, 1.82) is 0 Å². The maximum Gasteiger partial charge on any atom is 0.228 e. The summed E-state index contributed by atoms with van der Waals surface area (Å²) in [7, 11) is 0. The van der Waals surface area contributed by atoms with Gasteiger partial charge in [0.25, 0.3) is 0 Å². The third-order valence-corrected chi connectivity index (χ3v) is 5.16. The van der Waals surface area contributed by atoms with Crippen LogP contribution in [0, 0.1) is 6.92 Å². The van der Waals surface area contributed by atoms with Gasteiger partial charge in [-0.2, -0.15) is 11.8 Å². The summed E-state index contributed by atoms with van der Waals surface area (Å²) in [6, 6.07) is 8.99. The molecule has 0 fully saturated rings. The van der Waals surface area contributed by atoms with E-state index in [1.165, 1.54) is 0 Å². The summed E-state index contributed by atoms with van der Waals surface area (Å²) in [5.41, 5.74) is 3.00. The van der Waals surface area contributed by atoms with Crippen LogP contribution in [0.4, 0.5) is 0 Å². The number of thioether (sulfide) groups is 1. The van der Waals surface area contributed by atoms with E-state index in [-0.39, 0.29) is 12.4 Å². The minimum Gasteiger partial charge on any atom is -0.451 e. The number of aliphatic hydroxyl groups is 1. The molecular formula is C18H16BrNO3S. The number of nitrogens with zero attached hydrogens (tertiary/aromatic N) is 1. The van der Waals surface area contributed by atoms with Gasteiger partial charge in [-0.15, -0.1) is 0 Å². The van der Waals surface area contributed by atoms with Crippen molar-refractivity contribution >= 4 is 44.4 Å². The zero-order chi connectivity index (χ0) is 17.1. The van der Waals surface area contributed by atoms with Crippen molar-refractivity contribution in [3.05, 3.63) is 63.6 Å². The largest absolute Gasteiger partial charge is 0.451 e. The number of ketones is 1. The van der Waals surface area contributed by atoms with E-state index in [0.29, 0.717) is 22.7 Å². The highest BCUT2D eigenvalue weighted by Crippen LogP contribution is 2.28. The van der Waals surface area contributed by atoms with Crippen LogP contribution in [0.15, 0.2) is 45.4 Å². The normalized spacial score (nSPS) is 11.1. The number of carbonyl (C=O) groups is 1. The molecule has 3 rings (SSSR count). The van der Waals surface area contributed by atoms with Crippen molar-refractivity contribution in [2.24, 2.45) is 0 Å². The fourth-order valence-electron chi connectivity index (χ4n) is 2.42. The summed E-state index contributed by atoms with van der Waals surface area (Å²) in [5, 5.41) is 9.83. The molecule has 0 radical (unpaired) electrons. The van der Waals surface area contributed by atoms with Gasteiger partial charge in [-0.25, -0.2) is 0 Å². The van der Waals surface area contributed by atoms with Gasteiger partial charge in [0, 0.05) is 33.1 Å². The molecule has 24 heavy (non-hydrogen) atoms. The van der Waals surface area contributed by atoms with E-state index in [1.54, 1.807) is 30.0 Å². The van der Waals surface area contributed by atoms with Crippen molar-refractivity contribution in [3.63, 3.8) is 0 Å². The first-order valence-corrected chi connectivity index (χ1v) is 9.42. The van der Waals surface area contributed by atoms with Gasteiger partial charge in [0.15, 0.2) is 11.3 Å². The zero-order valence-electron chi connectivity index (χ0n) is 13.1. The van der Waals surface area contributed by atoms with Crippen molar-refractivity contribution < 1.29 is 14.3 Å². The topological polar surface area (TPSA) is 63.3 Å². The number of aryl methyl sites for hydroxylation is 1. The molecule has 0 saturated heterocycles. The van der Waals surface area contributed by atoms with E-state index in [2.05, 4.69) is 20.9 Å². The second kappa shape index (κ2) is 7.51. The van der Waals surface area contributed by atoms with E-state index in [4.69, 9.17) is 9.52 Å². The van der Waals surface area contributed by atoms with Gasteiger partial charge >= 0.3 is 0 Å². The van der Waals surface area contributed by atoms with Crippen LogP contribution in [-0.4, -0.2) is 28.2 Å². The third kappa shape index (κ3) is 3.55. The molecule has 2 heterocycles. The van der Waals surface area contributed by atoms with Crippen LogP contribution in [0.2, 0.25) is 0 Å². The Labute approximate surface area is 152 Å². The minimum absolute atomic E-state index is 0.145. The first-order valence-electron chi connectivity index (χ1n) is 7.47. The maximum absolute atomic E-state index is 12.6. The van der Waals surface area contributed by atoms with Crippen LogP contribution >= 0.6 is 27.7 Å². The van der Waals surface area contributed by atoms with E-state index in [1.807, 2.05) is 25.3 Å². The average Bonchev–Trinajstić information content (AvgIpc) is 3.03. The molecule has 0 unspecified atom stereocenters. The monoisotopic (exact) mass is 405 g/mol. The van der Waals surface area contributed by atoms with Crippen LogP contribution < -0.4 is 0 Å². The van der Waals surface area contributed by atoms with Gasteiger partial charge in [-0.1, -0.05) is 15.9 Å². The number of furan rings is 1. The Kier molecular flexibility index (Phi) is 5.38.